The molecule has 0 N–H and O–H groups in total. The van der Waals surface area contributed by atoms with Crippen LogP contribution >= 0.6 is 0 Å². The Kier molecular flexibility index (Phi) is 2.90. The summed E-state index contributed by atoms with van der Waals surface area (Å²) < 4.78 is 31.4. The minimum Gasteiger partial charge on any atom is -0.460 e. The van der Waals surface area contributed by atoms with E-state index in [4.69, 9.17) is 0 Å². The lowest BCUT2D eigenvalue weighted by Crippen LogP contribution is -2.09. The first-order chi connectivity index (χ1) is 6.46. The number of hydrogen-bond donors (Lipinski definition) is 0. The van der Waals surface area contributed by atoms with Crippen molar-refractivity contribution in [1.82, 2.24) is 4.98 Å². The van der Waals surface area contributed by atoms with Gasteiger partial charge in [0.05, 0.1) is 6.61 Å². The molecule has 14 heavy (non-hydrogen) atoms. The first-order valence-electron chi connectivity index (χ1n) is 3.77. The normalized spacial score (nSPS) is 11.3. The average molecular weight is 219 g/mol. The van der Waals surface area contributed by atoms with Gasteiger partial charge < -0.3 is 9.15 Å². The Labute approximate surface area is 80.8 Å². The van der Waals surface area contributed by atoms with Gasteiger partial charge in [-0.2, -0.15) is 0 Å². The van der Waals surface area contributed by atoms with Crippen LogP contribution in [0.25, 0.3) is 0 Å². The quantitative estimate of drug-likeness (QED) is 0.677. The molecule has 0 aliphatic heterocycles. The molecule has 0 aliphatic carbocycles. The Balaban J connectivity index is 3.12. The fraction of sp³-hybridized carbons (Fsp3) is 0.429. The van der Waals surface area contributed by atoms with Crippen LogP contribution < -0.4 is 0 Å². The van der Waals surface area contributed by atoms with Crippen molar-refractivity contribution in [2.24, 2.45) is 0 Å². The molecule has 0 atom stereocenters. The second kappa shape index (κ2) is 3.79. The van der Waals surface area contributed by atoms with Gasteiger partial charge in [-0.1, -0.05) is 0 Å². The number of rotatable bonds is 3. The first kappa shape index (κ1) is 10.7. The number of carbonyl (C=O) groups is 1. The Morgan fingerprint density at radius 1 is 1.64 bits per heavy atom. The minimum atomic E-state index is -3.56. The molecule has 1 aromatic rings. The topological polar surface area (TPSA) is 86.5 Å². The van der Waals surface area contributed by atoms with Gasteiger partial charge in [0.2, 0.25) is 5.03 Å². The molecule has 0 spiro atoms. The van der Waals surface area contributed by atoms with Crippen molar-refractivity contribution in [1.29, 1.82) is 0 Å². The van der Waals surface area contributed by atoms with Crippen LogP contribution in [0.1, 0.15) is 17.5 Å². The summed E-state index contributed by atoms with van der Waals surface area (Å²) in [6.45, 7) is 1.75. The number of esters is 1. The highest BCUT2D eigenvalue weighted by molar-refractivity contribution is 7.90. The third-order valence-corrected chi connectivity index (χ3v) is 2.34. The molecule has 0 aromatic carbocycles. The lowest BCUT2D eigenvalue weighted by molar-refractivity contribution is 0.0484. The van der Waals surface area contributed by atoms with Gasteiger partial charge in [0.15, 0.2) is 16.2 Å². The molecule has 0 bridgehead atoms. The molecule has 0 amide bonds. The predicted octanol–water partition coefficient (Wildman–Crippen LogP) is 0.255. The molecule has 0 radical (unpaired) electrons. The van der Waals surface area contributed by atoms with Crippen LogP contribution in [-0.2, 0) is 14.6 Å². The number of nitrogens with zero attached hydrogens (tertiary/aromatic N) is 1. The summed E-state index contributed by atoms with van der Waals surface area (Å²) >= 11 is 0. The smallest absolute Gasteiger partial charge is 0.377 e. The molecule has 0 aliphatic rings. The number of sulfone groups is 1. The minimum absolute atomic E-state index is 0.142. The van der Waals surface area contributed by atoms with Crippen LogP contribution in [0, 0.1) is 0 Å². The van der Waals surface area contributed by atoms with E-state index in [1.165, 1.54) is 0 Å². The van der Waals surface area contributed by atoms with E-state index >= 15 is 0 Å². The van der Waals surface area contributed by atoms with Crippen LogP contribution in [0.2, 0.25) is 0 Å². The number of carbonyl (C=O) groups excluding carboxylic acids is 1. The van der Waals surface area contributed by atoms with Gasteiger partial charge in [-0.15, -0.1) is 0 Å². The van der Waals surface area contributed by atoms with Crippen LogP contribution in [0.4, 0.5) is 0 Å². The zero-order chi connectivity index (χ0) is 10.8. The van der Waals surface area contributed by atoms with Gasteiger partial charge in [-0.05, 0) is 6.92 Å². The summed E-state index contributed by atoms with van der Waals surface area (Å²) in [4.78, 5) is 14.6. The number of hydrogen-bond acceptors (Lipinski definition) is 6. The Hall–Kier alpha value is -1.37. The monoisotopic (exact) mass is 219 g/mol. The first-order valence-corrected chi connectivity index (χ1v) is 5.66. The molecule has 0 saturated heterocycles. The molecule has 0 fully saturated rings. The second-order valence-electron chi connectivity index (χ2n) is 2.48. The zero-order valence-electron chi connectivity index (χ0n) is 7.68. The summed E-state index contributed by atoms with van der Waals surface area (Å²) in [6.07, 6.45) is 1.83. The highest BCUT2D eigenvalue weighted by Crippen LogP contribution is 2.14. The lowest BCUT2D eigenvalue weighted by Gasteiger charge is -1.98. The van der Waals surface area contributed by atoms with Gasteiger partial charge in [0, 0.05) is 6.26 Å². The van der Waals surface area contributed by atoms with Crippen LogP contribution in [0.15, 0.2) is 15.8 Å². The molecule has 78 valence electrons. The van der Waals surface area contributed by atoms with E-state index in [1.54, 1.807) is 6.92 Å². The van der Waals surface area contributed by atoms with Crippen LogP contribution in [0.3, 0.4) is 0 Å². The van der Waals surface area contributed by atoms with Crippen molar-refractivity contribution < 1.29 is 22.4 Å². The maximum absolute atomic E-state index is 11.2. The standard InChI is InChI=1S/C7H9NO5S/c1-3-12-7(9)5-6(8-4-13-5)14(2,10)11/h4H,3H2,1-2H3. The van der Waals surface area contributed by atoms with Crippen LogP contribution in [-0.4, -0.2) is 32.2 Å². The highest BCUT2D eigenvalue weighted by Gasteiger charge is 2.25. The Morgan fingerprint density at radius 2 is 2.29 bits per heavy atom. The molecule has 7 heteroatoms. The zero-order valence-corrected chi connectivity index (χ0v) is 8.50. The third-order valence-electron chi connectivity index (χ3n) is 1.35. The molecule has 0 saturated carbocycles. The van der Waals surface area contributed by atoms with E-state index in [0.29, 0.717) is 0 Å². The summed E-state index contributed by atoms with van der Waals surface area (Å²) in [6, 6.07) is 0. The fourth-order valence-corrected chi connectivity index (χ4v) is 1.53. The molecule has 6 nitrogen and oxygen atoms in total. The van der Waals surface area contributed by atoms with Crippen molar-refractivity contribution in [3.8, 4) is 0 Å². The average Bonchev–Trinajstić information content (AvgIpc) is 2.50. The van der Waals surface area contributed by atoms with E-state index < -0.39 is 20.8 Å². The maximum atomic E-state index is 11.2. The van der Waals surface area contributed by atoms with E-state index in [2.05, 4.69) is 14.1 Å². The highest BCUT2D eigenvalue weighted by atomic mass is 32.2. The summed E-state index contributed by atoms with van der Waals surface area (Å²) in [5, 5.41) is -0.393. The Bertz CT molecular complexity index is 433. The maximum Gasteiger partial charge on any atom is 0.377 e. The molecule has 1 rings (SSSR count). The fourth-order valence-electron chi connectivity index (χ4n) is 0.832. The van der Waals surface area contributed by atoms with Crippen molar-refractivity contribution >= 4 is 15.8 Å². The summed E-state index contributed by atoms with van der Waals surface area (Å²) in [7, 11) is -3.56. The van der Waals surface area contributed by atoms with E-state index in [1.807, 2.05) is 0 Å². The number of ether oxygens (including phenoxy) is 1. The van der Waals surface area contributed by atoms with E-state index in [9.17, 15) is 13.2 Å². The van der Waals surface area contributed by atoms with Crippen molar-refractivity contribution in [2.75, 3.05) is 12.9 Å². The predicted molar refractivity (Wildman–Crippen MR) is 45.6 cm³/mol. The molecule has 0 unspecified atom stereocenters. The summed E-state index contributed by atoms with van der Waals surface area (Å²) in [5.74, 6) is -1.21. The molecule has 1 aromatic heterocycles. The van der Waals surface area contributed by atoms with Gasteiger partial charge in [-0.25, -0.2) is 18.2 Å². The van der Waals surface area contributed by atoms with Crippen molar-refractivity contribution in [3.05, 3.63) is 12.2 Å². The van der Waals surface area contributed by atoms with Crippen molar-refractivity contribution in [2.45, 2.75) is 11.9 Å². The van der Waals surface area contributed by atoms with Crippen molar-refractivity contribution in [3.63, 3.8) is 0 Å². The van der Waals surface area contributed by atoms with Gasteiger partial charge in [-0.3, -0.25) is 0 Å². The number of aromatic nitrogens is 1. The number of oxazole rings is 1. The summed E-state index contributed by atoms with van der Waals surface area (Å²) in [5.41, 5.74) is 0. The van der Waals surface area contributed by atoms with E-state index in [0.717, 1.165) is 12.6 Å². The van der Waals surface area contributed by atoms with Crippen LogP contribution in [0.5, 0.6) is 0 Å². The second-order valence-corrected chi connectivity index (χ2v) is 4.41. The lowest BCUT2D eigenvalue weighted by atomic mass is 10.5. The molecule has 1 heterocycles. The van der Waals surface area contributed by atoms with Gasteiger partial charge in [0.25, 0.3) is 5.76 Å². The molecular weight excluding hydrogens is 210 g/mol. The Morgan fingerprint density at radius 3 is 2.79 bits per heavy atom. The SMILES string of the molecule is CCOC(=O)c1ocnc1S(C)(=O)=O. The van der Waals surface area contributed by atoms with E-state index in [-0.39, 0.29) is 12.4 Å². The largest absolute Gasteiger partial charge is 0.460 e. The van der Waals surface area contributed by atoms with Gasteiger partial charge >= 0.3 is 5.97 Å². The van der Waals surface area contributed by atoms with Gasteiger partial charge in [0.1, 0.15) is 0 Å². The third kappa shape index (κ3) is 2.11. The molecular formula is C7H9NO5S.